The monoisotopic (exact) mass is 406 g/mol. The van der Waals surface area contributed by atoms with Crippen LogP contribution < -0.4 is 4.90 Å². The van der Waals surface area contributed by atoms with E-state index in [1.807, 2.05) is 43.8 Å². The summed E-state index contributed by atoms with van der Waals surface area (Å²) in [4.78, 5) is 28.5. The van der Waals surface area contributed by atoms with Gasteiger partial charge in [-0.2, -0.15) is 0 Å². The third-order valence-corrected chi connectivity index (χ3v) is 5.80. The molecule has 0 N–H and O–H groups in total. The van der Waals surface area contributed by atoms with Crippen LogP contribution in [0.3, 0.4) is 0 Å². The first kappa shape index (κ1) is 20.3. The summed E-state index contributed by atoms with van der Waals surface area (Å²) in [6.07, 6.45) is 7.76. The Balaban J connectivity index is 1.51. The summed E-state index contributed by atoms with van der Waals surface area (Å²) in [5, 5.41) is 0. The lowest BCUT2D eigenvalue weighted by atomic mass is 10.2. The number of fused-ring (bicyclic) bond motifs is 1. The molecule has 3 aromatic rings. The molecule has 0 radical (unpaired) electrons. The first-order chi connectivity index (χ1) is 14.7. The molecular formula is C23H30N6O. The predicted octanol–water partition coefficient (Wildman–Crippen LogP) is 2.92. The molecule has 0 aromatic carbocycles. The number of hydrogen-bond acceptors (Lipinski definition) is 5. The molecule has 1 fully saturated rings. The fraction of sp³-hybridized carbons (Fsp3) is 0.435. The Kier molecular flexibility index (Phi) is 6.28. The van der Waals surface area contributed by atoms with Gasteiger partial charge in [0.2, 0.25) is 0 Å². The van der Waals surface area contributed by atoms with Crippen molar-refractivity contribution >= 4 is 17.2 Å². The van der Waals surface area contributed by atoms with Crippen molar-refractivity contribution in [3.05, 3.63) is 60.3 Å². The van der Waals surface area contributed by atoms with Gasteiger partial charge >= 0.3 is 0 Å². The Hall–Kier alpha value is -2.93. The van der Waals surface area contributed by atoms with E-state index in [1.165, 1.54) is 5.69 Å². The molecular weight excluding hydrogens is 376 g/mol. The largest absolute Gasteiger partial charge is 0.369 e. The molecule has 0 atom stereocenters. The van der Waals surface area contributed by atoms with Gasteiger partial charge in [0.25, 0.3) is 5.91 Å². The van der Waals surface area contributed by atoms with Crippen molar-refractivity contribution in [3.8, 4) is 0 Å². The number of nitrogens with zero attached hydrogens (tertiary/aromatic N) is 6. The SMILES string of the molecule is CCCCN(C)C(=O)c1nc2ccccn2c1CN1CCN(c2ccncc2)CC1. The number of carbonyl (C=O) groups is 1. The second kappa shape index (κ2) is 9.26. The zero-order valence-electron chi connectivity index (χ0n) is 17.9. The minimum atomic E-state index is 0.0116. The fourth-order valence-corrected chi connectivity index (χ4v) is 3.98. The molecule has 4 heterocycles. The van der Waals surface area contributed by atoms with Crippen molar-refractivity contribution in [1.29, 1.82) is 0 Å². The number of imidazole rings is 1. The fourth-order valence-electron chi connectivity index (χ4n) is 3.98. The van der Waals surface area contributed by atoms with E-state index < -0.39 is 0 Å². The maximum absolute atomic E-state index is 13.1. The number of anilines is 1. The van der Waals surface area contributed by atoms with Gasteiger partial charge in [-0.1, -0.05) is 19.4 Å². The van der Waals surface area contributed by atoms with Crippen LogP contribution in [0, 0.1) is 0 Å². The lowest BCUT2D eigenvalue weighted by molar-refractivity contribution is 0.0785. The number of carbonyl (C=O) groups excluding carboxylic acids is 1. The molecule has 0 bridgehead atoms. The molecule has 1 amide bonds. The molecule has 30 heavy (non-hydrogen) atoms. The Labute approximate surface area is 177 Å². The van der Waals surface area contributed by atoms with Crippen LogP contribution in [0.1, 0.15) is 35.9 Å². The van der Waals surface area contributed by atoms with Crippen LogP contribution in [0.15, 0.2) is 48.9 Å². The number of unbranched alkanes of at least 4 members (excludes halogenated alkanes) is 1. The maximum Gasteiger partial charge on any atom is 0.274 e. The lowest BCUT2D eigenvalue weighted by Gasteiger charge is -2.36. The number of hydrogen-bond donors (Lipinski definition) is 0. The van der Waals surface area contributed by atoms with Crippen molar-refractivity contribution in [1.82, 2.24) is 24.2 Å². The van der Waals surface area contributed by atoms with Gasteiger partial charge in [0.15, 0.2) is 5.69 Å². The lowest BCUT2D eigenvalue weighted by Crippen LogP contribution is -2.46. The highest BCUT2D eigenvalue weighted by Crippen LogP contribution is 2.20. The molecule has 7 heteroatoms. The maximum atomic E-state index is 13.1. The molecule has 1 aliphatic rings. The number of rotatable bonds is 7. The standard InChI is InChI=1S/C23H30N6O/c1-3-4-12-26(2)23(30)22-20(29-13-6-5-7-21(29)25-22)18-27-14-16-28(17-15-27)19-8-10-24-11-9-19/h5-11,13H,3-4,12,14-18H2,1-2H3. The van der Waals surface area contributed by atoms with Crippen LogP contribution in [0.5, 0.6) is 0 Å². The Bertz CT molecular complexity index is 978. The summed E-state index contributed by atoms with van der Waals surface area (Å²) in [6, 6.07) is 10.0. The molecule has 4 rings (SSSR count). The molecule has 7 nitrogen and oxygen atoms in total. The summed E-state index contributed by atoms with van der Waals surface area (Å²) in [5.74, 6) is 0.0116. The minimum absolute atomic E-state index is 0.0116. The van der Waals surface area contributed by atoms with Gasteiger partial charge in [-0.15, -0.1) is 0 Å². The van der Waals surface area contributed by atoms with Gasteiger partial charge < -0.3 is 14.2 Å². The second-order valence-corrected chi connectivity index (χ2v) is 7.88. The van der Waals surface area contributed by atoms with E-state index in [0.717, 1.165) is 63.5 Å². The van der Waals surface area contributed by atoms with E-state index in [-0.39, 0.29) is 5.91 Å². The van der Waals surface area contributed by atoms with E-state index in [2.05, 4.69) is 38.2 Å². The van der Waals surface area contributed by atoms with Gasteiger partial charge in [-0.25, -0.2) is 4.98 Å². The van der Waals surface area contributed by atoms with Crippen LogP contribution in [0.4, 0.5) is 5.69 Å². The van der Waals surface area contributed by atoms with Gasteiger partial charge in [-0.3, -0.25) is 14.7 Å². The zero-order valence-corrected chi connectivity index (χ0v) is 17.9. The molecule has 0 aliphatic carbocycles. The topological polar surface area (TPSA) is 57.0 Å². The Morgan fingerprint density at radius 1 is 1.10 bits per heavy atom. The summed E-state index contributed by atoms with van der Waals surface area (Å²) in [7, 11) is 1.87. The third kappa shape index (κ3) is 4.31. The summed E-state index contributed by atoms with van der Waals surface area (Å²) < 4.78 is 2.07. The molecule has 3 aromatic heterocycles. The van der Waals surface area contributed by atoms with Crippen LogP contribution in [0.25, 0.3) is 5.65 Å². The van der Waals surface area contributed by atoms with Crippen LogP contribution in [-0.4, -0.2) is 69.8 Å². The van der Waals surface area contributed by atoms with Gasteiger partial charge in [0.05, 0.1) is 5.69 Å². The quantitative estimate of drug-likeness (QED) is 0.604. The Morgan fingerprint density at radius 2 is 1.87 bits per heavy atom. The van der Waals surface area contributed by atoms with Gasteiger partial charge in [0, 0.05) is 70.6 Å². The van der Waals surface area contributed by atoms with Gasteiger partial charge in [0.1, 0.15) is 5.65 Å². The number of pyridine rings is 2. The van der Waals surface area contributed by atoms with Crippen molar-refractivity contribution in [2.45, 2.75) is 26.3 Å². The number of piperazine rings is 1. The Morgan fingerprint density at radius 3 is 2.60 bits per heavy atom. The van der Waals surface area contributed by atoms with E-state index in [1.54, 1.807) is 4.90 Å². The highest BCUT2D eigenvalue weighted by atomic mass is 16.2. The summed E-state index contributed by atoms with van der Waals surface area (Å²) in [6.45, 7) is 7.43. The third-order valence-electron chi connectivity index (χ3n) is 5.80. The second-order valence-electron chi connectivity index (χ2n) is 7.88. The van der Waals surface area contributed by atoms with E-state index in [4.69, 9.17) is 4.98 Å². The first-order valence-electron chi connectivity index (χ1n) is 10.8. The number of aromatic nitrogens is 3. The smallest absolute Gasteiger partial charge is 0.274 e. The van der Waals surface area contributed by atoms with E-state index in [0.29, 0.717) is 5.69 Å². The molecule has 0 spiro atoms. The van der Waals surface area contributed by atoms with Crippen molar-refractivity contribution in [3.63, 3.8) is 0 Å². The average molecular weight is 407 g/mol. The van der Waals surface area contributed by atoms with Crippen LogP contribution >= 0.6 is 0 Å². The molecule has 158 valence electrons. The normalized spacial score (nSPS) is 14.9. The zero-order chi connectivity index (χ0) is 20.9. The van der Waals surface area contributed by atoms with Crippen molar-refractivity contribution < 1.29 is 4.79 Å². The van der Waals surface area contributed by atoms with Gasteiger partial charge in [-0.05, 0) is 30.7 Å². The summed E-state index contributed by atoms with van der Waals surface area (Å²) >= 11 is 0. The molecule has 0 saturated carbocycles. The molecule has 1 aliphatic heterocycles. The minimum Gasteiger partial charge on any atom is -0.369 e. The van der Waals surface area contributed by atoms with E-state index in [9.17, 15) is 4.79 Å². The highest BCUT2D eigenvalue weighted by molar-refractivity contribution is 5.94. The first-order valence-corrected chi connectivity index (χ1v) is 10.8. The van der Waals surface area contributed by atoms with Crippen molar-refractivity contribution in [2.24, 2.45) is 0 Å². The van der Waals surface area contributed by atoms with Crippen molar-refractivity contribution in [2.75, 3.05) is 44.7 Å². The van der Waals surface area contributed by atoms with E-state index >= 15 is 0 Å². The molecule has 0 unspecified atom stereocenters. The molecule has 1 saturated heterocycles. The average Bonchev–Trinajstić information content (AvgIpc) is 3.16. The summed E-state index contributed by atoms with van der Waals surface area (Å²) in [5.41, 5.74) is 3.61. The predicted molar refractivity (Wildman–Crippen MR) is 119 cm³/mol. The highest BCUT2D eigenvalue weighted by Gasteiger charge is 2.25. The van der Waals surface area contributed by atoms with Crippen LogP contribution in [-0.2, 0) is 6.54 Å². The number of amides is 1. The van der Waals surface area contributed by atoms with Crippen LogP contribution in [0.2, 0.25) is 0 Å².